The molecule has 15 heavy (non-hydrogen) atoms. The van der Waals surface area contributed by atoms with Crippen LogP contribution in [-0.2, 0) is 6.42 Å². The van der Waals surface area contributed by atoms with E-state index >= 15 is 0 Å². The molecule has 1 aromatic heterocycles. The summed E-state index contributed by atoms with van der Waals surface area (Å²) in [4.78, 5) is 0. The topological polar surface area (TPSA) is 43.8 Å². The van der Waals surface area contributed by atoms with Gasteiger partial charge >= 0.3 is 0 Å². The van der Waals surface area contributed by atoms with Crippen molar-refractivity contribution in [2.45, 2.75) is 39.3 Å². The van der Waals surface area contributed by atoms with Gasteiger partial charge in [-0.2, -0.15) is 16.9 Å². The Kier molecular flexibility index (Phi) is 5.19. The standard InChI is InChI=1S/C11H21N3S/c1-4-15-8-10(12)7-11-5-6-14(13-11)9(2)3/h5-6,9-10H,4,7-8,12H2,1-3H3. The maximum atomic E-state index is 6.01. The molecule has 4 heteroatoms. The molecule has 1 heterocycles. The molecule has 0 fully saturated rings. The van der Waals surface area contributed by atoms with Crippen molar-refractivity contribution in [2.75, 3.05) is 11.5 Å². The van der Waals surface area contributed by atoms with Gasteiger partial charge in [-0.3, -0.25) is 4.68 Å². The summed E-state index contributed by atoms with van der Waals surface area (Å²) in [6, 6.07) is 2.72. The predicted octanol–water partition coefficient (Wildman–Crippen LogP) is 2.09. The molecule has 1 atom stereocenters. The maximum absolute atomic E-state index is 6.01. The third-order valence-electron chi connectivity index (χ3n) is 2.20. The molecule has 0 saturated heterocycles. The van der Waals surface area contributed by atoms with Gasteiger partial charge in [0.15, 0.2) is 0 Å². The van der Waals surface area contributed by atoms with Crippen LogP contribution in [0.4, 0.5) is 0 Å². The second-order valence-corrected chi connectivity index (χ2v) is 5.32. The Morgan fingerprint density at radius 1 is 1.53 bits per heavy atom. The first-order valence-electron chi connectivity index (χ1n) is 5.50. The first-order chi connectivity index (χ1) is 7.13. The third-order valence-corrected chi connectivity index (χ3v) is 3.27. The molecule has 0 spiro atoms. The van der Waals surface area contributed by atoms with Crippen LogP contribution in [0.5, 0.6) is 0 Å². The highest BCUT2D eigenvalue weighted by molar-refractivity contribution is 7.99. The molecule has 1 unspecified atom stereocenters. The number of nitrogens with zero attached hydrogens (tertiary/aromatic N) is 2. The summed E-state index contributed by atoms with van der Waals surface area (Å²) in [6.45, 7) is 6.41. The maximum Gasteiger partial charge on any atom is 0.0640 e. The van der Waals surface area contributed by atoms with Crippen LogP contribution in [0.1, 0.15) is 32.5 Å². The fourth-order valence-corrected chi connectivity index (χ4v) is 2.03. The molecule has 0 radical (unpaired) electrons. The lowest BCUT2D eigenvalue weighted by Crippen LogP contribution is -2.26. The fraction of sp³-hybridized carbons (Fsp3) is 0.727. The first kappa shape index (κ1) is 12.6. The number of rotatable bonds is 6. The second kappa shape index (κ2) is 6.18. The predicted molar refractivity (Wildman–Crippen MR) is 67.3 cm³/mol. The third kappa shape index (κ3) is 4.26. The lowest BCUT2D eigenvalue weighted by atomic mass is 10.2. The van der Waals surface area contributed by atoms with E-state index in [4.69, 9.17) is 5.73 Å². The van der Waals surface area contributed by atoms with E-state index in [2.05, 4.69) is 31.9 Å². The largest absolute Gasteiger partial charge is 0.327 e. The highest BCUT2D eigenvalue weighted by atomic mass is 32.2. The van der Waals surface area contributed by atoms with Crippen LogP contribution < -0.4 is 5.73 Å². The van der Waals surface area contributed by atoms with Gasteiger partial charge in [0.05, 0.1) is 5.69 Å². The van der Waals surface area contributed by atoms with Crippen molar-refractivity contribution in [2.24, 2.45) is 5.73 Å². The Morgan fingerprint density at radius 2 is 2.27 bits per heavy atom. The van der Waals surface area contributed by atoms with Crippen LogP contribution in [0.2, 0.25) is 0 Å². The SMILES string of the molecule is CCSCC(N)Cc1ccn(C(C)C)n1. The average molecular weight is 227 g/mol. The van der Waals surface area contributed by atoms with E-state index in [1.807, 2.05) is 22.6 Å². The van der Waals surface area contributed by atoms with E-state index in [9.17, 15) is 0 Å². The van der Waals surface area contributed by atoms with E-state index in [1.54, 1.807) is 0 Å². The van der Waals surface area contributed by atoms with Crippen LogP contribution in [0.25, 0.3) is 0 Å². The molecule has 1 rings (SSSR count). The van der Waals surface area contributed by atoms with Crippen LogP contribution in [-0.4, -0.2) is 27.3 Å². The molecule has 3 nitrogen and oxygen atoms in total. The zero-order valence-corrected chi connectivity index (χ0v) is 10.6. The monoisotopic (exact) mass is 227 g/mol. The molecule has 0 aliphatic heterocycles. The van der Waals surface area contributed by atoms with Gasteiger partial charge in [-0.25, -0.2) is 0 Å². The van der Waals surface area contributed by atoms with Gasteiger partial charge in [0.1, 0.15) is 0 Å². The van der Waals surface area contributed by atoms with Crippen molar-refractivity contribution >= 4 is 11.8 Å². The molecule has 0 aliphatic rings. The number of aromatic nitrogens is 2. The zero-order valence-electron chi connectivity index (χ0n) is 9.81. The van der Waals surface area contributed by atoms with E-state index in [-0.39, 0.29) is 6.04 Å². The highest BCUT2D eigenvalue weighted by Gasteiger charge is 2.07. The summed E-state index contributed by atoms with van der Waals surface area (Å²) in [7, 11) is 0. The minimum atomic E-state index is 0.227. The summed E-state index contributed by atoms with van der Waals surface area (Å²) in [6.07, 6.45) is 2.91. The Balaban J connectivity index is 2.42. The molecule has 0 saturated carbocycles. The molecular weight excluding hydrogens is 206 g/mol. The lowest BCUT2D eigenvalue weighted by molar-refractivity contribution is 0.523. The first-order valence-corrected chi connectivity index (χ1v) is 6.66. The highest BCUT2D eigenvalue weighted by Crippen LogP contribution is 2.08. The molecule has 0 aliphatic carbocycles. The van der Waals surface area contributed by atoms with Gasteiger partial charge in [-0.05, 0) is 25.7 Å². The quantitative estimate of drug-likeness (QED) is 0.809. The number of hydrogen-bond acceptors (Lipinski definition) is 3. The number of nitrogens with two attached hydrogens (primary N) is 1. The number of hydrogen-bond donors (Lipinski definition) is 1. The molecule has 0 bridgehead atoms. The van der Waals surface area contributed by atoms with Crippen molar-refractivity contribution in [3.8, 4) is 0 Å². The van der Waals surface area contributed by atoms with Gasteiger partial charge < -0.3 is 5.73 Å². The smallest absolute Gasteiger partial charge is 0.0640 e. The van der Waals surface area contributed by atoms with Crippen LogP contribution in [0, 0.1) is 0 Å². The lowest BCUT2D eigenvalue weighted by Gasteiger charge is -2.08. The minimum Gasteiger partial charge on any atom is -0.327 e. The molecular formula is C11H21N3S. The number of thioether (sulfide) groups is 1. The van der Waals surface area contributed by atoms with Crippen molar-refractivity contribution < 1.29 is 0 Å². The molecule has 0 amide bonds. The van der Waals surface area contributed by atoms with Gasteiger partial charge in [-0.15, -0.1) is 0 Å². The zero-order chi connectivity index (χ0) is 11.3. The van der Waals surface area contributed by atoms with Crippen molar-refractivity contribution in [1.82, 2.24) is 9.78 Å². The Bertz CT molecular complexity index is 283. The van der Waals surface area contributed by atoms with Gasteiger partial charge in [0.25, 0.3) is 0 Å². The Hall–Kier alpha value is -0.480. The van der Waals surface area contributed by atoms with Crippen molar-refractivity contribution in [3.05, 3.63) is 18.0 Å². The van der Waals surface area contributed by atoms with Crippen molar-refractivity contribution in [1.29, 1.82) is 0 Å². The normalized spacial score (nSPS) is 13.4. The van der Waals surface area contributed by atoms with E-state index in [0.29, 0.717) is 6.04 Å². The average Bonchev–Trinajstić information content (AvgIpc) is 2.63. The van der Waals surface area contributed by atoms with Crippen LogP contribution in [0.15, 0.2) is 12.3 Å². The van der Waals surface area contributed by atoms with Gasteiger partial charge in [-0.1, -0.05) is 6.92 Å². The van der Waals surface area contributed by atoms with Crippen molar-refractivity contribution in [3.63, 3.8) is 0 Å². The Morgan fingerprint density at radius 3 is 2.80 bits per heavy atom. The molecule has 2 N–H and O–H groups in total. The van der Waals surface area contributed by atoms with Gasteiger partial charge in [0.2, 0.25) is 0 Å². The van der Waals surface area contributed by atoms with Crippen LogP contribution >= 0.6 is 11.8 Å². The minimum absolute atomic E-state index is 0.227. The molecule has 1 aromatic rings. The van der Waals surface area contributed by atoms with E-state index in [0.717, 1.165) is 23.6 Å². The summed E-state index contributed by atoms with van der Waals surface area (Å²) >= 11 is 1.89. The summed E-state index contributed by atoms with van der Waals surface area (Å²) in [5.41, 5.74) is 7.11. The molecule has 86 valence electrons. The Labute approximate surface area is 96.4 Å². The summed E-state index contributed by atoms with van der Waals surface area (Å²) < 4.78 is 1.98. The fourth-order valence-electron chi connectivity index (χ4n) is 1.37. The van der Waals surface area contributed by atoms with E-state index in [1.165, 1.54) is 0 Å². The van der Waals surface area contributed by atoms with E-state index < -0.39 is 0 Å². The summed E-state index contributed by atoms with van der Waals surface area (Å²) in [5, 5.41) is 4.49. The van der Waals surface area contributed by atoms with Crippen LogP contribution in [0.3, 0.4) is 0 Å². The second-order valence-electron chi connectivity index (χ2n) is 4.00. The molecule has 0 aromatic carbocycles. The van der Waals surface area contributed by atoms with Gasteiger partial charge in [0, 0.05) is 30.5 Å². The summed E-state index contributed by atoms with van der Waals surface area (Å²) in [5.74, 6) is 2.15.